The number of nitrogens with zero attached hydrogens (tertiary/aromatic N) is 3. The van der Waals surface area contributed by atoms with Gasteiger partial charge >= 0.3 is 0 Å². The second-order valence-corrected chi connectivity index (χ2v) is 7.28. The molecular formula is C22H18N4OS. The highest BCUT2D eigenvalue weighted by Crippen LogP contribution is 2.36. The Morgan fingerprint density at radius 2 is 1.57 bits per heavy atom. The second-order valence-electron chi connectivity index (χ2n) is 6.10. The molecule has 1 N–H and O–H groups in total. The zero-order valence-electron chi connectivity index (χ0n) is 15.0. The topological polar surface area (TPSA) is 59.8 Å². The first-order valence-corrected chi connectivity index (χ1v) is 9.70. The largest absolute Gasteiger partial charge is 0.325 e. The zero-order valence-corrected chi connectivity index (χ0v) is 15.8. The summed E-state index contributed by atoms with van der Waals surface area (Å²) < 4.78 is 1.67. The summed E-state index contributed by atoms with van der Waals surface area (Å²) >= 11 is 1.54. The summed E-state index contributed by atoms with van der Waals surface area (Å²) in [7, 11) is 0. The molecule has 1 heterocycles. The molecule has 3 aromatic carbocycles. The van der Waals surface area contributed by atoms with Gasteiger partial charge in [-0.3, -0.25) is 4.79 Å². The number of hydrogen-bond acceptors (Lipinski definition) is 4. The van der Waals surface area contributed by atoms with E-state index in [2.05, 4.69) is 15.4 Å². The highest BCUT2D eigenvalue weighted by molar-refractivity contribution is 8.00. The van der Waals surface area contributed by atoms with E-state index in [-0.39, 0.29) is 11.2 Å². The highest BCUT2D eigenvalue weighted by Gasteiger charge is 2.22. The average Bonchev–Trinajstić information content (AvgIpc) is 3.29. The Hall–Kier alpha value is -3.38. The standard InChI is InChI=1S/C22H18N4OS/c27-22(25-18-11-13-19(14-12-18)26-16-23-15-24-26)21(17-7-3-1-4-8-17)28-20-9-5-2-6-10-20/h1-16,21H,(H,25,27). The zero-order chi connectivity index (χ0) is 19.2. The molecule has 0 aliphatic carbocycles. The van der Waals surface area contributed by atoms with Gasteiger partial charge in [-0.2, -0.15) is 5.10 Å². The van der Waals surface area contributed by atoms with E-state index >= 15 is 0 Å². The molecule has 138 valence electrons. The summed E-state index contributed by atoms with van der Waals surface area (Å²) in [6, 6.07) is 27.3. The summed E-state index contributed by atoms with van der Waals surface area (Å²) in [6.45, 7) is 0. The van der Waals surface area contributed by atoms with Crippen molar-refractivity contribution >= 4 is 23.4 Å². The Labute approximate surface area is 167 Å². The number of thioether (sulfide) groups is 1. The van der Waals surface area contributed by atoms with Crippen molar-refractivity contribution in [1.82, 2.24) is 14.8 Å². The number of carbonyl (C=O) groups excluding carboxylic acids is 1. The van der Waals surface area contributed by atoms with Crippen LogP contribution in [0.2, 0.25) is 0 Å². The molecule has 4 aromatic rings. The molecule has 0 aliphatic rings. The summed E-state index contributed by atoms with van der Waals surface area (Å²) in [5, 5.41) is 6.79. The molecule has 0 radical (unpaired) electrons. The highest BCUT2D eigenvalue weighted by atomic mass is 32.2. The Balaban J connectivity index is 1.53. The van der Waals surface area contributed by atoms with Gasteiger partial charge in [-0.1, -0.05) is 48.5 Å². The van der Waals surface area contributed by atoms with Gasteiger partial charge in [0, 0.05) is 10.6 Å². The van der Waals surface area contributed by atoms with Gasteiger partial charge < -0.3 is 5.32 Å². The Morgan fingerprint density at radius 1 is 0.893 bits per heavy atom. The van der Waals surface area contributed by atoms with Gasteiger partial charge in [0.25, 0.3) is 0 Å². The van der Waals surface area contributed by atoms with Crippen LogP contribution in [0.15, 0.2) is 102 Å². The molecule has 1 amide bonds. The number of rotatable bonds is 6. The van der Waals surface area contributed by atoms with E-state index in [4.69, 9.17) is 0 Å². The van der Waals surface area contributed by atoms with Crippen molar-refractivity contribution in [3.05, 3.63) is 103 Å². The summed E-state index contributed by atoms with van der Waals surface area (Å²) in [6.07, 6.45) is 3.12. The minimum absolute atomic E-state index is 0.0615. The van der Waals surface area contributed by atoms with Crippen molar-refractivity contribution in [2.75, 3.05) is 5.32 Å². The van der Waals surface area contributed by atoms with Crippen LogP contribution in [-0.4, -0.2) is 20.7 Å². The van der Waals surface area contributed by atoms with Crippen LogP contribution in [-0.2, 0) is 4.79 Å². The lowest BCUT2D eigenvalue weighted by atomic mass is 10.1. The van der Waals surface area contributed by atoms with Crippen molar-refractivity contribution in [3.63, 3.8) is 0 Å². The summed E-state index contributed by atoms with van der Waals surface area (Å²) in [5.41, 5.74) is 2.59. The average molecular weight is 386 g/mol. The molecule has 0 spiro atoms. The van der Waals surface area contributed by atoms with Crippen molar-refractivity contribution in [3.8, 4) is 5.69 Å². The van der Waals surface area contributed by atoms with Gasteiger partial charge in [0.15, 0.2) is 0 Å². The lowest BCUT2D eigenvalue weighted by molar-refractivity contribution is -0.115. The molecule has 6 heteroatoms. The molecular weight excluding hydrogens is 368 g/mol. The SMILES string of the molecule is O=C(Nc1ccc(-n2cncn2)cc1)C(Sc1ccccc1)c1ccccc1. The normalized spacial score (nSPS) is 11.7. The Morgan fingerprint density at radius 3 is 2.21 bits per heavy atom. The molecule has 28 heavy (non-hydrogen) atoms. The molecule has 1 atom stereocenters. The van der Waals surface area contributed by atoms with E-state index in [9.17, 15) is 4.79 Å². The van der Waals surface area contributed by atoms with Crippen LogP contribution in [0, 0.1) is 0 Å². The predicted molar refractivity (Wildman–Crippen MR) is 111 cm³/mol. The molecule has 0 aliphatic heterocycles. The minimum Gasteiger partial charge on any atom is -0.325 e. The molecule has 4 rings (SSSR count). The lowest BCUT2D eigenvalue weighted by Gasteiger charge is -2.17. The molecule has 5 nitrogen and oxygen atoms in total. The second kappa shape index (κ2) is 8.54. The van der Waals surface area contributed by atoms with Gasteiger partial charge in [0.05, 0.1) is 5.69 Å². The van der Waals surface area contributed by atoms with E-state index in [1.54, 1.807) is 11.0 Å². The van der Waals surface area contributed by atoms with Crippen LogP contribution >= 0.6 is 11.8 Å². The van der Waals surface area contributed by atoms with Gasteiger partial charge in [0.2, 0.25) is 5.91 Å². The molecule has 0 bridgehead atoms. The smallest absolute Gasteiger partial charge is 0.242 e. The Kier molecular flexibility index (Phi) is 5.49. The number of hydrogen-bond donors (Lipinski definition) is 1. The number of carbonyl (C=O) groups is 1. The van der Waals surface area contributed by atoms with Crippen LogP contribution in [0.25, 0.3) is 5.69 Å². The summed E-state index contributed by atoms with van der Waals surface area (Å²) in [4.78, 5) is 18.1. The molecule has 1 unspecified atom stereocenters. The van der Waals surface area contributed by atoms with Crippen LogP contribution in [0.5, 0.6) is 0 Å². The van der Waals surface area contributed by atoms with Gasteiger partial charge in [0.1, 0.15) is 17.9 Å². The fourth-order valence-corrected chi connectivity index (χ4v) is 3.83. The molecule has 0 saturated carbocycles. The van der Waals surface area contributed by atoms with E-state index in [0.717, 1.165) is 21.8 Å². The van der Waals surface area contributed by atoms with Crippen LogP contribution in [0.1, 0.15) is 10.8 Å². The van der Waals surface area contributed by atoms with E-state index < -0.39 is 0 Å². The Bertz CT molecular complexity index is 1020. The third-order valence-electron chi connectivity index (χ3n) is 4.16. The van der Waals surface area contributed by atoms with Crippen molar-refractivity contribution in [2.24, 2.45) is 0 Å². The van der Waals surface area contributed by atoms with Crippen molar-refractivity contribution in [2.45, 2.75) is 10.1 Å². The van der Waals surface area contributed by atoms with Crippen LogP contribution in [0.3, 0.4) is 0 Å². The maximum Gasteiger partial charge on any atom is 0.242 e. The summed E-state index contributed by atoms with van der Waals surface area (Å²) in [5.74, 6) is -0.0615. The predicted octanol–water partition coefficient (Wildman–Crippen LogP) is 4.74. The minimum atomic E-state index is -0.349. The maximum atomic E-state index is 13.1. The fraction of sp³-hybridized carbons (Fsp3) is 0.0455. The molecule has 0 fully saturated rings. The van der Waals surface area contributed by atoms with E-state index in [0.29, 0.717) is 0 Å². The molecule has 1 aromatic heterocycles. The van der Waals surface area contributed by atoms with Crippen LogP contribution in [0.4, 0.5) is 5.69 Å². The van der Waals surface area contributed by atoms with Gasteiger partial charge in [-0.15, -0.1) is 11.8 Å². The number of amides is 1. The molecule has 0 saturated heterocycles. The quantitative estimate of drug-likeness (QED) is 0.486. The van der Waals surface area contributed by atoms with Gasteiger partial charge in [-0.25, -0.2) is 9.67 Å². The number of aromatic nitrogens is 3. The first-order chi connectivity index (χ1) is 13.8. The van der Waals surface area contributed by atoms with E-state index in [1.165, 1.54) is 18.1 Å². The third kappa shape index (κ3) is 4.29. The van der Waals surface area contributed by atoms with Crippen molar-refractivity contribution < 1.29 is 4.79 Å². The number of anilines is 1. The van der Waals surface area contributed by atoms with E-state index in [1.807, 2.05) is 84.9 Å². The first kappa shape index (κ1) is 18.0. The number of nitrogens with one attached hydrogen (secondary N) is 1. The monoisotopic (exact) mass is 386 g/mol. The lowest BCUT2D eigenvalue weighted by Crippen LogP contribution is -2.19. The van der Waals surface area contributed by atoms with Crippen molar-refractivity contribution in [1.29, 1.82) is 0 Å². The third-order valence-corrected chi connectivity index (χ3v) is 5.42. The van der Waals surface area contributed by atoms with Gasteiger partial charge in [-0.05, 0) is 42.0 Å². The fourth-order valence-electron chi connectivity index (χ4n) is 2.78. The maximum absolute atomic E-state index is 13.1. The number of benzene rings is 3. The van der Waals surface area contributed by atoms with Crippen LogP contribution < -0.4 is 5.32 Å². The first-order valence-electron chi connectivity index (χ1n) is 8.82.